The Balaban J connectivity index is 0.000001000. The molecule has 0 bridgehead atoms. The summed E-state index contributed by atoms with van der Waals surface area (Å²) in [5, 5.41) is 0.934. The number of hydrogen-bond donors (Lipinski definition) is 0. The molecule has 0 saturated carbocycles. The van der Waals surface area contributed by atoms with Gasteiger partial charge in [-0.05, 0) is 0 Å². The molecule has 0 aliphatic rings. The molecule has 0 unspecified atom stereocenters. The van der Waals surface area contributed by atoms with E-state index in [1.54, 1.807) is 0 Å². The fourth-order valence-corrected chi connectivity index (χ4v) is 4.75. The molecule has 0 radical (unpaired) electrons. The Labute approximate surface area is 86.3 Å². The molecular formula is C7H8Cl3Zn. The van der Waals surface area contributed by atoms with E-state index in [0.29, 0.717) is 0 Å². The third kappa shape index (κ3) is 5.03. The Bertz CT molecular complexity index is 188. The van der Waals surface area contributed by atoms with Crippen molar-refractivity contribution in [1.29, 1.82) is 0 Å². The molecule has 0 aliphatic heterocycles. The zero-order chi connectivity index (χ0) is 7.40. The van der Waals surface area contributed by atoms with E-state index in [1.165, 1.54) is 5.56 Å². The number of benzene rings is 1. The Morgan fingerprint density at radius 1 is 1.09 bits per heavy atom. The van der Waals surface area contributed by atoms with Gasteiger partial charge in [0.2, 0.25) is 0 Å². The maximum absolute atomic E-state index is 5.79. The molecule has 4 heteroatoms. The number of halogens is 3. The maximum atomic E-state index is 5.79. The molecule has 0 saturated heterocycles. The molecule has 11 heavy (non-hydrogen) atoms. The summed E-state index contributed by atoms with van der Waals surface area (Å²) in [6.07, 6.45) is 0. The zero-order valence-corrected chi connectivity index (χ0v) is 11.3. The van der Waals surface area contributed by atoms with Gasteiger partial charge in [-0.2, -0.15) is 0 Å². The molecule has 0 N–H and O–H groups in total. The Kier molecular flexibility index (Phi) is 6.66. The first-order valence-corrected chi connectivity index (χ1v) is 13.2. The van der Waals surface area contributed by atoms with Crippen LogP contribution in [0.2, 0.25) is 0 Å². The zero-order valence-electron chi connectivity index (χ0n) is 5.97. The molecule has 0 nitrogen and oxygen atoms in total. The van der Waals surface area contributed by atoms with Crippen LogP contribution in [0, 0.1) is 0 Å². The van der Waals surface area contributed by atoms with Crippen molar-refractivity contribution in [2.24, 2.45) is 0 Å². The Hall–Kier alpha value is 0.713. The molecule has 0 aliphatic carbocycles. The number of rotatable bonds is 2. The minimum atomic E-state index is -2.03. The van der Waals surface area contributed by atoms with Gasteiger partial charge in [0.05, 0.1) is 0 Å². The van der Waals surface area contributed by atoms with Gasteiger partial charge in [0.25, 0.3) is 0 Å². The topological polar surface area (TPSA) is 0 Å². The van der Waals surface area contributed by atoms with E-state index in [2.05, 4.69) is 12.1 Å². The average molecular weight is 264 g/mol. The van der Waals surface area contributed by atoms with Crippen LogP contribution in [0.3, 0.4) is 0 Å². The van der Waals surface area contributed by atoms with E-state index < -0.39 is 14.0 Å². The van der Waals surface area contributed by atoms with Gasteiger partial charge in [-0.1, -0.05) is 0 Å². The van der Waals surface area contributed by atoms with Crippen LogP contribution in [0.15, 0.2) is 30.3 Å². The molecule has 1 aromatic rings. The van der Waals surface area contributed by atoms with Crippen molar-refractivity contribution >= 4 is 31.8 Å². The van der Waals surface area contributed by atoms with Gasteiger partial charge < -0.3 is 0 Å². The summed E-state index contributed by atoms with van der Waals surface area (Å²) in [5.74, 6) is 0. The molecule has 59 valence electrons. The summed E-state index contributed by atoms with van der Waals surface area (Å²) < 4.78 is 0. The first kappa shape index (κ1) is 11.7. The van der Waals surface area contributed by atoms with Crippen LogP contribution in [0.5, 0.6) is 0 Å². The summed E-state index contributed by atoms with van der Waals surface area (Å²) >= 11 is -2.03. The summed E-state index contributed by atoms with van der Waals surface area (Å²) in [6, 6.07) is 10.1. The van der Waals surface area contributed by atoms with Crippen LogP contribution in [0.4, 0.5) is 0 Å². The monoisotopic (exact) mass is 261 g/mol. The molecule has 0 amide bonds. The van der Waals surface area contributed by atoms with E-state index in [-0.39, 0.29) is 12.4 Å². The summed E-state index contributed by atoms with van der Waals surface area (Å²) in [4.78, 5) is 0. The van der Waals surface area contributed by atoms with Crippen molar-refractivity contribution in [3.63, 3.8) is 0 Å². The second-order valence-electron chi connectivity index (χ2n) is 2.21. The molecule has 1 aromatic carbocycles. The fraction of sp³-hybridized carbons (Fsp3) is 0.143. The van der Waals surface area contributed by atoms with Gasteiger partial charge in [-0.25, -0.2) is 0 Å². The standard InChI is InChI=1S/C7H7.3ClH.Zn/c1-7-5-3-2-4-6-7;;;;/h2-6H,1H2;3*1H;/q;;;;+2/p-2. The van der Waals surface area contributed by atoms with Crippen molar-refractivity contribution in [3.8, 4) is 0 Å². The molecule has 1 rings (SSSR count). The minimum absolute atomic E-state index is 0. The van der Waals surface area contributed by atoms with Gasteiger partial charge in [0.15, 0.2) is 0 Å². The van der Waals surface area contributed by atoms with Gasteiger partial charge in [0.1, 0.15) is 0 Å². The normalized spacial score (nSPS) is 8.55. The molecule has 0 spiro atoms. The summed E-state index contributed by atoms with van der Waals surface area (Å²) in [6.45, 7) is 0. The van der Waals surface area contributed by atoms with Crippen molar-refractivity contribution in [2.45, 2.75) is 5.02 Å². The Morgan fingerprint density at radius 2 is 1.64 bits per heavy atom. The van der Waals surface area contributed by atoms with E-state index in [0.717, 1.165) is 5.02 Å². The molecule has 0 aromatic heterocycles. The first-order chi connectivity index (χ1) is 4.79. The van der Waals surface area contributed by atoms with Crippen molar-refractivity contribution in [1.82, 2.24) is 0 Å². The third-order valence-electron chi connectivity index (χ3n) is 1.32. The van der Waals surface area contributed by atoms with E-state index in [4.69, 9.17) is 19.4 Å². The quantitative estimate of drug-likeness (QED) is 0.716. The van der Waals surface area contributed by atoms with Crippen LogP contribution in [0.1, 0.15) is 5.56 Å². The molecule has 0 atom stereocenters. The van der Waals surface area contributed by atoms with Gasteiger partial charge in [-0.3, -0.25) is 0 Å². The average Bonchev–Trinajstić information content (AvgIpc) is 1.88. The van der Waals surface area contributed by atoms with Crippen LogP contribution < -0.4 is 0 Å². The fourth-order valence-electron chi connectivity index (χ4n) is 0.863. The van der Waals surface area contributed by atoms with Crippen LogP contribution in [-0.4, -0.2) is 0 Å². The van der Waals surface area contributed by atoms with Crippen LogP contribution in [-0.2, 0) is 19.0 Å². The second-order valence-corrected chi connectivity index (χ2v) is 13.4. The van der Waals surface area contributed by atoms with Crippen LogP contribution >= 0.6 is 31.8 Å². The molecular weight excluding hydrogens is 256 g/mol. The summed E-state index contributed by atoms with van der Waals surface area (Å²) in [7, 11) is 11.6. The summed E-state index contributed by atoms with van der Waals surface area (Å²) in [5.41, 5.74) is 1.27. The second kappa shape index (κ2) is 6.25. The van der Waals surface area contributed by atoms with E-state index in [9.17, 15) is 0 Å². The van der Waals surface area contributed by atoms with Gasteiger partial charge in [0, 0.05) is 0 Å². The SMILES string of the molecule is Cl.[Cl][Zn]([Cl])[CH2]c1ccccc1. The van der Waals surface area contributed by atoms with E-state index >= 15 is 0 Å². The molecule has 0 heterocycles. The Morgan fingerprint density at radius 3 is 2.09 bits per heavy atom. The van der Waals surface area contributed by atoms with Gasteiger partial charge >= 0.3 is 74.3 Å². The third-order valence-corrected chi connectivity index (χ3v) is 5.29. The van der Waals surface area contributed by atoms with Crippen molar-refractivity contribution in [3.05, 3.63) is 35.9 Å². The van der Waals surface area contributed by atoms with Crippen molar-refractivity contribution in [2.75, 3.05) is 0 Å². The predicted octanol–water partition coefficient (Wildman–Crippen LogP) is 3.53. The molecule has 0 fully saturated rings. The van der Waals surface area contributed by atoms with E-state index in [1.807, 2.05) is 18.2 Å². The first-order valence-electron chi connectivity index (χ1n) is 3.30. The van der Waals surface area contributed by atoms with Gasteiger partial charge in [-0.15, -0.1) is 12.4 Å². The predicted molar refractivity (Wildman–Crippen MR) is 49.1 cm³/mol. The number of hydrogen-bond acceptors (Lipinski definition) is 0. The van der Waals surface area contributed by atoms with Crippen molar-refractivity contribution < 1.29 is 14.0 Å². The van der Waals surface area contributed by atoms with Crippen LogP contribution in [0.25, 0.3) is 0 Å².